The average Bonchev–Trinajstić information content (AvgIpc) is 2.26. The molecule has 0 N–H and O–H groups in total. The number of rotatable bonds is 12. The third kappa shape index (κ3) is 14.4. The van der Waals surface area contributed by atoms with Gasteiger partial charge in [-0.2, -0.15) is 0 Å². The predicted molar refractivity (Wildman–Crippen MR) is 68.6 cm³/mol. The number of alkyl halides is 1. The molecule has 15 heavy (non-hydrogen) atoms. The van der Waals surface area contributed by atoms with Crippen LogP contribution in [-0.4, -0.2) is 25.8 Å². The molecule has 0 bridgehead atoms. The Kier molecular flexibility index (Phi) is 14.8. The first-order valence-electron chi connectivity index (χ1n) is 6.04. The Labute approximate surface area is 103 Å². The monoisotopic (exact) mass is 280 g/mol. The Bertz CT molecular complexity index is 97.8. The highest BCUT2D eigenvalue weighted by molar-refractivity contribution is 9.09. The normalized spacial score (nSPS) is 10.8. The van der Waals surface area contributed by atoms with E-state index in [2.05, 4.69) is 15.9 Å². The zero-order valence-electron chi connectivity index (χ0n) is 9.97. The predicted octanol–water partition coefficient (Wildman–Crippen LogP) is 4.12. The van der Waals surface area contributed by atoms with Gasteiger partial charge in [-0.15, -0.1) is 0 Å². The van der Waals surface area contributed by atoms with Gasteiger partial charge in [0.2, 0.25) is 0 Å². The smallest absolute Gasteiger partial charge is 0.146 e. The van der Waals surface area contributed by atoms with Crippen LogP contribution in [0.15, 0.2) is 0 Å². The van der Waals surface area contributed by atoms with E-state index in [9.17, 15) is 0 Å². The first-order chi connectivity index (χ1) is 7.41. The molecule has 0 heterocycles. The van der Waals surface area contributed by atoms with Crippen molar-refractivity contribution in [1.29, 1.82) is 0 Å². The third-order valence-electron chi connectivity index (χ3n) is 2.37. The minimum absolute atomic E-state index is 0.437. The maximum absolute atomic E-state index is 5.22. The second-order valence-electron chi connectivity index (χ2n) is 3.83. The lowest BCUT2D eigenvalue weighted by molar-refractivity contribution is -0.0315. The molecule has 0 aliphatic heterocycles. The molecule has 0 aromatic rings. The first-order valence-corrected chi connectivity index (χ1v) is 7.16. The largest absolute Gasteiger partial charge is 0.359 e. The van der Waals surface area contributed by atoms with Crippen molar-refractivity contribution in [3.8, 4) is 0 Å². The summed E-state index contributed by atoms with van der Waals surface area (Å²) in [5, 5.41) is 1.16. The lowest BCUT2D eigenvalue weighted by Gasteiger charge is -2.03. The van der Waals surface area contributed by atoms with Crippen molar-refractivity contribution in [3.63, 3.8) is 0 Å². The second-order valence-corrected chi connectivity index (χ2v) is 4.63. The van der Waals surface area contributed by atoms with Gasteiger partial charge in [0.05, 0.1) is 0 Å². The fourth-order valence-corrected chi connectivity index (χ4v) is 1.90. The van der Waals surface area contributed by atoms with Crippen LogP contribution in [0.2, 0.25) is 0 Å². The lowest BCUT2D eigenvalue weighted by atomic mass is 10.1. The van der Waals surface area contributed by atoms with Crippen LogP contribution in [0.5, 0.6) is 0 Å². The summed E-state index contributed by atoms with van der Waals surface area (Å²) >= 11 is 3.45. The van der Waals surface area contributed by atoms with E-state index in [1.165, 1.54) is 51.4 Å². The summed E-state index contributed by atoms with van der Waals surface area (Å²) in [6.45, 7) is 1.28. The van der Waals surface area contributed by atoms with Crippen molar-refractivity contribution in [2.24, 2.45) is 0 Å². The Hall–Kier alpha value is 0.400. The van der Waals surface area contributed by atoms with Crippen molar-refractivity contribution >= 4 is 15.9 Å². The van der Waals surface area contributed by atoms with E-state index in [1.54, 1.807) is 7.11 Å². The summed E-state index contributed by atoms with van der Waals surface area (Å²) < 4.78 is 10.0. The van der Waals surface area contributed by atoms with Crippen molar-refractivity contribution in [3.05, 3.63) is 0 Å². The number of methoxy groups -OCH3 is 1. The maximum atomic E-state index is 5.22. The van der Waals surface area contributed by atoms with E-state index < -0.39 is 0 Å². The standard InChI is InChI=1S/C12H25BrO2/c1-14-12-15-11-9-7-5-3-2-4-6-8-10-13/h2-12H2,1H3. The molecule has 0 aromatic carbocycles. The number of hydrogen-bond donors (Lipinski definition) is 0. The van der Waals surface area contributed by atoms with Gasteiger partial charge in [-0.05, 0) is 12.8 Å². The highest BCUT2D eigenvalue weighted by Crippen LogP contribution is 2.09. The highest BCUT2D eigenvalue weighted by atomic mass is 79.9. The number of unbranched alkanes of at least 4 members (excludes halogenated alkanes) is 7. The van der Waals surface area contributed by atoms with Crippen molar-refractivity contribution in [1.82, 2.24) is 0 Å². The van der Waals surface area contributed by atoms with Crippen LogP contribution in [-0.2, 0) is 9.47 Å². The molecular weight excluding hydrogens is 256 g/mol. The van der Waals surface area contributed by atoms with Gasteiger partial charge in [0, 0.05) is 19.0 Å². The van der Waals surface area contributed by atoms with E-state index >= 15 is 0 Å². The molecule has 92 valence electrons. The van der Waals surface area contributed by atoms with Crippen LogP contribution in [0.4, 0.5) is 0 Å². The van der Waals surface area contributed by atoms with Gasteiger partial charge >= 0.3 is 0 Å². The van der Waals surface area contributed by atoms with Gasteiger partial charge in [-0.3, -0.25) is 0 Å². The van der Waals surface area contributed by atoms with Crippen LogP contribution >= 0.6 is 15.9 Å². The van der Waals surface area contributed by atoms with Crippen molar-refractivity contribution < 1.29 is 9.47 Å². The Morgan fingerprint density at radius 1 is 0.800 bits per heavy atom. The zero-order valence-corrected chi connectivity index (χ0v) is 11.6. The molecule has 0 saturated heterocycles. The summed E-state index contributed by atoms with van der Waals surface area (Å²) in [6.07, 6.45) is 10.7. The lowest BCUT2D eigenvalue weighted by Crippen LogP contribution is -1.98. The van der Waals surface area contributed by atoms with Gasteiger partial charge in [-0.1, -0.05) is 54.5 Å². The summed E-state index contributed by atoms with van der Waals surface area (Å²) in [5.74, 6) is 0. The summed E-state index contributed by atoms with van der Waals surface area (Å²) in [7, 11) is 1.66. The molecule has 0 amide bonds. The Morgan fingerprint density at radius 3 is 1.87 bits per heavy atom. The Balaban J connectivity index is 2.81. The molecule has 0 saturated carbocycles. The second kappa shape index (κ2) is 14.4. The molecule has 0 fully saturated rings. The summed E-state index contributed by atoms with van der Waals surface area (Å²) in [4.78, 5) is 0. The van der Waals surface area contributed by atoms with E-state index in [0.717, 1.165) is 11.9 Å². The van der Waals surface area contributed by atoms with E-state index in [-0.39, 0.29) is 0 Å². The molecule has 0 aromatic heterocycles. The number of hydrogen-bond acceptors (Lipinski definition) is 2. The molecule has 0 aliphatic rings. The molecule has 0 rings (SSSR count). The van der Waals surface area contributed by atoms with Crippen LogP contribution in [0.3, 0.4) is 0 Å². The molecule has 0 unspecified atom stereocenters. The zero-order chi connectivity index (χ0) is 11.2. The van der Waals surface area contributed by atoms with Crippen molar-refractivity contribution in [2.75, 3.05) is 25.8 Å². The molecule has 0 atom stereocenters. The fourth-order valence-electron chi connectivity index (χ4n) is 1.50. The maximum Gasteiger partial charge on any atom is 0.146 e. The molecular formula is C12H25BrO2. The number of halogens is 1. The minimum Gasteiger partial charge on any atom is -0.359 e. The van der Waals surface area contributed by atoms with E-state index in [0.29, 0.717) is 6.79 Å². The summed E-state index contributed by atoms with van der Waals surface area (Å²) in [6, 6.07) is 0. The first kappa shape index (κ1) is 15.4. The highest BCUT2D eigenvalue weighted by Gasteiger charge is 1.92. The van der Waals surface area contributed by atoms with Crippen LogP contribution in [0, 0.1) is 0 Å². The van der Waals surface area contributed by atoms with Gasteiger partial charge < -0.3 is 9.47 Å². The quantitative estimate of drug-likeness (QED) is 0.304. The van der Waals surface area contributed by atoms with Crippen LogP contribution < -0.4 is 0 Å². The topological polar surface area (TPSA) is 18.5 Å². The summed E-state index contributed by atoms with van der Waals surface area (Å²) in [5.41, 5.74) is 0. The molecule has 0 aliphatic carbocycles. The van der Waals surface area contributed by atoms with Gasteiger partial charge in [0.25, 0.3) is 0 Å². The van der Waals surface area contributed by atoms with Gasteiger partial charge in [0.15, 0.2) is 0 Å². The average molecular weight is 281 g/mol. The number of ether oxygens (including phenoxy) is 2. The SMILES string of the molecule is COCOCCCCCCCCCCBr. The van der Waals surface area contributed by atoms with E-state index in [4.69, 9.17) is 9.47 Å². The molecule has 0 spiro atoms. The van der Waals surface area contributed by atoms with Crippen LogP contribution in [0.25, 0.3) is 0 Å². The minimum atomic E-state index is 0.437. The fraction of sp³-hybridized carbons (Fsp3) is 1.00. The molecule has 2 nitrogen and oxygen atoms in total. The van der Waals surface area contributed by atoms with Gasteiger partial charge in [0.1, 0.15) is 6.79 Å². The molecule has 3 heteroatoms. The van der Waals surface area contributed by atoms with Gasteiger partial charge in [-0.25, -0.2) is 0 Å². The van der Waals surface area contributed by atoms with E-state index in [1.807, 2.05) is 0 Å². The third-order valence-corrected chi connectivity index (χ3v) is 2.93. The van der Waals surface area contributed by atoms with Crippen molar-refractivity contribution in [2.45, 2.75) is 51.4 Å². The van der Waals surface area contributed by atoms with Crippen LogP contribution in [0.1, 0.15) is 51.4 Å². The molecule has 0 radical (unpaired) electrons. The Morgan fingerprint density at radius 2 is 1.33 bits per heavy atom.